The molecular formula is C17H17N3O4. The fourth-order valence-corrected chi connectivity index (χ4v) is 2.24. The Kier molecular flexibility index (Phi) is 4.90. The minimum Gasteiger partial charge on any atom is -0.454 e. The van der Waals surface area contributed by atoms with E-state index in [1.54, 1.807) is 18.3 Å². The van der Waals surface area contributed by atoms with Gasteiger partial charge in [0.1, 0.15) is 0 Å². The molecule has 0 atom stereocenters. The molecule has 2 aromatic rings. The van der Waals surface area contributed by atoms with Crippen LogP contribution >= 0.6 is 0 Å². The molecule has 0 saturated heterocycles. The molecule has 1 aliphatic heterocycles. The first-order valence-corrected chi connectivity index (χ1v) is 7.57. The van der Waals surface area contributed by atoms with Gasteiger partial charge >= 0.3 is 11.8 Å². The first-order chi connectivity index (χ1) is 11.7. The van der Waals surface area contributed by atoms with Gasteiger partial charge in [-0.15, -0.1) is 0 Å². The second-order valence-corrected chi connectivity index (χ2v) is 5.20. The van der Waals surface area contributed by atoms with Crippen molar-refractivity contribution in [2.24, 2.45) is 0 Å². The number of carbonyl (C=O) groups is 2. The zero-order valence-corrected chi connectivity index (χ0v) is 13.0. The average Bonchev–Trinajstić information content (AvgIpc) is 3.08. The van der Waals surface area contributed by atoms with Crippen LogP contribution in [0.1, 0.15) is 11.3 Å². The Morgan fingerprint density at radius 3 is 2.71 bits per heavy atom. The zero-order valence-electron chi connectivity index (χ0n) is 13.0. The lowest BCUT2D eigenvalue weighted by molar-refractivity contribution is -0.139. The maximum atomic E-state index is 11.8. The number of benzene rings is 1. The van der Waals surface area contributed by atoms with Crippen LogP contribution in [-0.2, 0) is 22.6 Å². The Morgan fingerprint density at radius 1 is 1.04 bits per heavy atom. The van der Waals surface area contributed by atoms with E-state index < -0.39 is 11.8 Å². The van der Waals surface area contributed by atoms with E-state index in [-0.39, 0.29) is 13.3 Å². The van der Waals surface area contributed by atoms with Crippen LogP contribution in [-0.4, -0.2) is 30.1 Å². The smallest absolute Gasteiger partial charge is 0.309 e. The number of nitrogens with zero attached hydrogens (tertiary/aromatic N) is 1. The van der Waals surface area contributed by atoms with Crippen LogP contribution in [0.3, 0.4) is 0 Å². The van der Waals surface area contributed by atoms with Gasteiger partial charge in [-0.25, -0.2) is 0 Å². The second kappa shape index (κ2) is 7.45. The van der Waals surface area contributed by atoms with Crippen molar-refractivity contribution >= 4 is 11.8 Å². The van der Waals surface area contributed by atoms with Gasteiger partial charge in [-0.2, -0.15) is 0 Å². The number of carbonyl (C=O) groups excluding carboxylic acids is 2. The lowest BCUT2D eigenvalue weighted by Crippen LogP contribution is -2.40. The molecule has 3 rings (SSSR count). The van der Waals surface area contributed by atoms with Gasteiger partial charge in [0, 0.05) is 31.4 Å². The van der Waals surface area contributed by atoms with Gasteiger partial charge in [-0.3, -0.25) is 14.6 Å². The number of hydrogen-bond donors (Lipinski definition) is 2. The summed E-state index contributed by atoms with van der Waals surface area (Å²) in [4.78, 5) is 27.7. The third-order valence-electron chi connectivity index (χ3n) is 3.49. The highest BCUT2D eigenvalue weighted by Crippen LogP contribution is 2.32. The summed E-state index contributed by atoms with van der Waals surface area (Å²) in [6.07, 6.45) is 2.26. The molecule has 0 aliphatic carbocycles. The van der Waals surface area contributed by atoms with Crippen molar-refractivity contribution in [1.82, 2.24) is 15.6 Å². The van der Waals surface area contributed by atoms with Crippen molar-refractivity contribution in [3.63, 3.8) is 0 Å². The second-order valence-electron chi connectivity index (χ2n) is 5.20. The molecule has 1 aromatic heterocycles. The average molecular weight is 327 g/mol. The van der Waals surface area contributed by atoms with E-state index in [4.69, 9.17) is 9.47 Å². The molecule has 0 fully saturated rings. The van der Waals surface area contributed by atoms with E-state index in [9.17, 15) is 9.59 Å². The molecule has 24 heavy (non-hydrogen) atoms. The van der Waals surface area contributed by atoms with Crippen molar-refractivity contribution in [3.8, 4) is 11.5 Å². The van der Waals surface area contributed by atoms with Crippen molar-refractivity contribution in [3.05, 3.63) is 53.9 Å². The number of ether oxygens (including phenoxy) is 2. The van der Waals surface area contributed by atoms with Gasteiger partial charge in [0.05, 0.1) is 0 Å². The van der Waals surface area contributed by atoms with Crippen molar-refractivity contribution in [1.29, 1.82) is 0 Å². The van der Waals surface area contributed by atoms with Crippen molar-refractivity contribution in [2.45, 2.75) is 13.0 Å². The van der Waals surface area contributed by atoms with Crippen LogP contribution in [0.15, 0.2) is 42.6 Å². The summed E-state index contributed by atoms with van der Waals surface area (Å²) in [5.41, 5.74) is 1.69. The Hall–Kier alpha value is -3.09. The maximum absolute atomic E-state index is 11.8. The topological polar surface area (TPSA) is 89.6 Å². The Bertz CT molecular complexity index is 734. The molecular weight excluding hydrogens is 310 g/mol. The number of rotatable bonds is 5. The molecule has 0 saturated carbocycles. The molecule has 1 aromatic carbocycles. The summed E-state index contributed by atoms with van der Waals surface area (Å²) in [5.74, 6) is -0.0146. The van der Waals surface area contributed by atoms with Gasteiger partial charge in [0.2, 0.25) is 6.79 Å². The molecule has 2 N–H and O–H groups in total. The fourth-order valence-electron chi connectivity index (χ4n) is 2.24. The van der Waals surface area contributed by atoms with Crippen LogP contribution in [0.4, 0.5) is 0 Å². The van der Waals surface area contributed by atoms with Crippen LogP contribution < -0.4 is 20.1 Å². The summed E-state index contributed by atoms with van der Waals surface area (Å²) in [5, 5.41) is 5.15. The molecule has 7 nitrogen and oxygen atoms in total. The number of fused-ring (bicyclic) bond motifs is 1. The fraction of sp³-hybridized carbons (Fsp3) is 0.235. The summed E-state index contributed by atoms with van der Waals surface area (Å²) < 4.78 is 10.5. The number of nitrogens with one attached hydrogen (secondary N) is 2. The molecule has 0 radical (unpaired) electrons. The van der Waals surface area contributed by atoms with Crippen molar-refractivity contribution < 1.29 is 19.1 Å². The Labute approximate surface area is 139 Å². The highest BCUT2D eigenvalue weighted by molar-refractivity contribution is 6.35. The molecule has 124 valence electrons. The summed E-state index contributed by atoms with van der Waals surface area (Å²) in [6, 6.07) is 10.9. The number of pyridine rings is 1. The minimum absolute atomic E-state index is 0.198. The molecule has 2 heterocycles. The highest BCUT2D eigenvalue weighted by atomic mass is 16.7. The monoisotopic (exact) mass is 327 g/mol. The van der Waals surface area contributed by atoms with E-state index in [0.29, 0.717) is 24.5 Å². The maximum Gasteiger partial charge on any atom is 0.309 e. The molecule has 0 unspecified atom stereocenters. The van der Waals surface area contributed by atoms with Crippen LogP contribution in [0.5, 0.6) is 11.5 Å². The largest absolute Gasteiger partial charge is 0.454 e. The zero-order chi connectivity index (χ0) is 16.8. The summed E-state index contributed by atoms with van der Waals surface area (Å²) >= 11 is 0. The number of aromatic nitrogens is 1. The first kappa shape index (κ1) is 15.8. The van der Waals surface area contributed by atoms with E-state index in [2.05, 4.69) is 15.6 Å². The third kappa shape index (κ3) is 4.01. The minimum atomic E-state index is -0.673. The lowest BCUT2D eigenvalue weighted by Gasteiger charge is -2.07. The number of hydrogen-bond acceptors (Lipinski definition) is 5. The predicted molar refractivity (Wildman–Crippen MR) is 85.4 cm³/mol. The Balaban J connectivity index is 1.42. The number of amides is 2. The van der Waals surface area contributed by atoms with Crippen LogP contribution in [0.2, 0.25) is 0 Å². The van der Waals surface area contributed by atoms with Gasteiger partial charge in [-0.05, 0) is 29.8 Å². The van der Waals surface area contributed by atoms with Crippen molar-refractivity contribution in [2.75, 3.05) is 13.3 Å². The summed E-state index contributed by atoms with van der Waals surface area (Å²) in [6.45, 7) is 0.792. The molecule has 7 heteroatoms. The van der Waals surface area contributed by atoms with Gasteiger partial charge in [-0.1, -0.05) is 12.1 Å². The molecule has 1 aliphatic rings. The van der Waals surface area contributed by atoms with E-state index in [0.717, 1.165) is 11.3 Å². The van der Waals surface area contributed by atoms with E-state index in [1.165, 1.54) is 0 Å². The predicted octanol–water partition coefficient (Wildman–Crippen LogP) is 0.785. The highest BCUT2D eigenvalue weighted by Gasteiger charge is 2.15. The van der Waals surface area contributed by atoms with Gasteiger partial charge in [0.25, 0.3) is 0 Å². The van der Waals surface area contributed by atoms with Crippen LogP contribution in [0, 0.1) is 0 Å². The lowest BCUT2D eigenvalue weighted by atomic mass is 10.2. The van der Waals surface area contributed by atoms with Gasteiger partial charge < -0.3 is 20.1 Å². The standard InChI is InChI=1S/C17H17N3O4/c21-16(19-8-6-13-3-1-2-7-18-13)17(22)20-10-12-4-5-14-15(9-12)24-11-23-14/h1-5,7,9H,6,8,10-11H2,(H,19,21)(H,20,22). The van der Waals surface area contributed by atoms with E-state index >= 15 is 0 Å². The van der Waals surface area contributed by atoms with Crippen LogP contribution in [0.25, 0.3) is 0 Å². The molecule has 2 amide bonds. The normalized spacial score (nSPS) is 11.8. The Morgan fingerprint density at radius 2 is 1.88 bits per heavy atom. The third-order valence-corrected chi connectivity index (χ3v) is 3.49. The summed E-state index contributed by atoms with van der Waals surface area (Å²) in [7, 11) is 0. The van der Waals surface area contributed by atoms with Gasteiger partial charge in [0.15, 0.2) is 11.5 Å². The first-order valence-electron chi connectivity index (χ1n) is 7.57. The SMILES string of the molecule is O=C(NCCc1ccccn1)C(=O)NCc1ccc2c(c1)OCO2. The molecule has 0 bridgehead atoms. The van der Waals surface area contributed by atoms with E-state index in [1.807, 2.05) is 24.3 Å². The molecule has 0 spiro atoms. The quantitative estimate of drug-likeness (QED) is 0.793.